The fourth-order valence-electron chi connectivity index (χ4n) is 4.67. The number of hydrogen-bond donors (Lipinski definition) is 1. The van der Waals surface area contributed by atoms with Crippen LogP contribution in [0.2, 0.25) is 0 Å². The van der Waals surface area contributed by atoms with Gasteiger partial charge in [-0.2, -0.15) is 5.10 Å². The molecule has 1 saturated heterocycles. The van der Waals surface area contributed by atoms with Gasteiger partial charge in [-0.1, -0.05) is 31.0 Å². The van der Waals surface area contributed by atoms with Gasteiger partial charge in [-0.15, -0.1) is 10.2 Å². The Balaban J connectivity index is 1.29. The maximum atomic E-state index is 12.6. The van der Waals surface area contributed by atoms with Crippen LogP contribution in [0.5, 0.6) is 0 Å². The molecule has 2 aromatic heterocycles. The van der Waals surface area contributed by atoms with E-state index >= 15 is 0 Å². The van der Waals surface area contributed by atoms with Crippen LogP contribution in [0.1, 0.15) is 43.5 Å². The van der Waals surface area contributed by atoms with Gasteiger partial charge in [0.1, 0.15) is 5.03 Å². The smallest absolute Gasteiger partial charge is 0.230 e. The fraction of sp³-hybridized carbons (Fsp3) is 0.636. The summed E-state index contributed by atoms with van der Waals surface area (Å²) in [6.45, 7) is 8.16. The van der Waals surface area contributed by atoms with Gasteiger partial charge in [0.15, 0.2) is 5.82 Å². The molecule has 0 spiro atoms. The van der Waals surface area contributed by atoms with Gasteiger partial charge in [0.25, 0.3) is 0 Å². The van der Waals surface area contributed by atoms with Gasteiger partial charge in [-0.05, 0) is 44.9 Å². The monoisotopic (exact) mass is 444 g/mol. The van der Waals surface area contributed by atoms with Gasteiger partial charge in [0, 0.05) is 30.9 Å². The van der Waals surface area contributed by atoms with Crippen LogP contribution in [-0.4, -0.2) is 74.9 Å². The molecule has 0 aromatic carbocycles. The molecule has 2 aromatic rings. The summed E-state index contributed by atoms with van der Waals surface area (Å²) in [4.78, 5) is 15.1. The maximum Gasteiger partial charge on any atom is 0.230 e. The summed E-state index contributed by atoms with van der Waals surface area (Å²) in [5.74, 6) is 1.07. The first-order valence-corrected chi connectivity index (χ1v) is 12.1. The molecule has 2 aliphatic rings. The quantitative estimate of drug-likeness (QED) is 0.657. The number of nitrogens with one attached hydrogen (secondary N) is 1. The molecule has 0 bridgehead atoms. The zero-order valence-corrected chi connectivity index (χ0v) is 19.3. The number of carbonyl (C=O) groups is 1. The van der Waals surface area contributed by atoms with Crippen molar-refractivity contribution in [3.63, 3.8) is 0 Å². The van der Waals surface area contributed by atoms with Gasteiger partial charge in [-0.3, -0.25) is 9.69 Å². The van der Waals surface area contributed by atoms with E-state index in [1.807, 2.05) is 32.0 Å². The number of morpholine rings is 1. The van der Waals surface area contributed by atoms with Gasteiger partial charge >= 0.3 is 0 Å². The number of aromatic nitrogens is 4. The van der Waals surface area contributed by atoms with Gasteiger partial charge in [0.2, 0.25) is 5.91 Å². The molecule has 31 heavy (non-hydrogen) atoms. The molecule has 0 radical (unpaired) electrons. The Kier molecular flexibility index (Phi) is 7.24. The number of hydrogen-bond acceptors (Lipinski definition) is 7. The standard InChI is InChI=1S/C22H32N6O2S/c1-17-14-18(2)28(26-17)19-6-7-21(25-24-19)31-15-20(29)23-16-22(8-4-3-5-9-22)27-10-12-30-13-11-27/h6-7,14H,3-5,8-13,15-16H2,1-2H3,(H,23,29). The first kappa shape index (κ1) is 22.2. The van der Waals surface area contributed by atoms with E-state index in [9.17, 15) is 4.79 Å². The van der Waals surface area contributed by atoms with E-state index in [2.05, 4.69) is 25.5 Å². The van der Waals surface area contributed by atoms with E-state index in [1.165, 1.54) is 31.0 Å². The summed E-state index contributed by atoms with van der Waals surface area (Å²) in [6, 6.07) is 5.79. The maximum absolute atomic E-state index is 12.6. The van der Waals surface area contributed by atoms with Crippen molar-refractivity contribution in [2.45, 2.75) is 56.5 Å². The highest BCUT2D eigenvalue weighted by molar-refractivity contribution is 7.99. The van der Waals surface area contributed by atoms with Crippen LogP contribution in [0.25, 0.3) is 5.82 Å². The van der Waals surface area contributed by atoms with Crippen LogP contribution >= 0.6 is 11.8 Å². The van der Waals surface area contributed by atoms with Crippen molar-refractivity contribution < 1.29 is 9.53 Å². The van der Waals surface area contributed by atoms with E-state index in [0.717, 1.165) is 62.1 Å². The lowest BCUT2D eigenvalue weighted by atomic mass is 9.79. The first-order chi connectivity index (χ1) is 15.1. The molecular weight excluding hydrogens is 412 g/mol. The number of rotatable bonds is 7. The number of nitrogens with zero attached hydrogens (tertiary/aromatic N) is 5. The van der Waals surface area contributed by atoms with E-state index in [4.69, 9.17) is 4.74 Å². The Bertz CT molecular complexity index is 873. The zero-order valence-electron chi connectivity index (χ0n) is 18.5. The third kappa shape index (κ3) is 5.45. The normalized spacial score (nSPS) is 19.3. The third-order valence-corrected chi connectivity index (χ3v) is 7.20. The second-order valence-electron chi connectivity index (χ2n) is 8.52. The van der Waals surface area contributed by atoms with E-state index in [1.54, 1.807) is 4.68 Å². The summed E-state index contributed by atoms with van der Waals surface area (Å²) in [5, 5.41) is 16.9. The van der Waals surface area contributed by atoms with E-state index in [-0.39, 0.29) is 11.4 Å². The molecule has 168 valence electrons. The van der Waals surface area contributed by atoms with Crippen LogP contribution in [0.3, 0.4) is 0 Å². The zero-order chi connectivity index (χ0) is 21.7. The molecule has 0 unspecified atom stereocenters. The number of ether oxygens (including phenoxy) is 1. The molecule has 1 saturated carbocycles. The van der Waals surface area contributed by atoms with Crippen molar-refractivity contribution in [3.05, 3.63) is 29.6 Å². The van der Waals surface area contributed by atoms with Gasteiger partial charge < -0.3 is 10.1 Å². The molecule has 2 fully saturated rings. The average Bonchev–Trinajstić information content (AvgIpc) is 3.15. The lowest BCUT2D eigenvalue weighted by Crippen LogP contribution is -2.59. The van der Waals surface area contributed by atoms with Crippen molar-refractivity contribution >= 4 is 17.7 Å². The fourth-order valence-corrected chi connectivity index (χ4v) is 5.31. The summed E-state index contributed by atoms with van der Waals surface area (Å²) >= 11 is 1.41. The van der Waals surface area contributed by atoms with Gasteiger partial charge in [-0.25, -0.2) is 4.68 Å². The predicted molar refractivity (Wildman–Crippen MR) is 121 cm³/mol. The minimum absolute atomic E-state index is 0.0487. The molecule has 1 amide bonds. The van der Waals surface area contributed by atoms with Crippen LogP contribution < -0.4 is 5.32 Å². The lowest BCUT2D eigenvalue weighted by Gasteiger charge is -2.48. The van der Waals surface area contributed by atoms with Crippen LogP contribution in [0, 0.1) is 13.8 Å². The van der Waals surface area contributed by atoms with Crippen molar-refractivity contribution in [1.29, 1.82) is 0 Å². The second-order valence-corrected chi connectivity index (χ2v) is 9.51. The Hall–Kier alpha value is -1.97. The largest absolute Gasteiger partial charge is 0.379 e. The molecule has 1 aliphatic carbocycles. The van der Waals surface area contributed by atoms with Crippen LogP contribution in [0.4, 0.5) is 0 Å². The number of carbonyl (C=O) groups excluding carboxylic acids is 1. The summed E-state index contributed by atoms with van der Waals surface area (Å²) in [6.07, 6.45) is 6.07. The molecule has 1 N–H and O–H groups in total. The van der Waals surface area contributed by atoms with Crippen LogP contribution in [-0.2, 0) is 9.53 Å². The van der Waals surface area contributed by atoms with E-state index < -0.39 is 0 Å². The molecule has 1 aliphatic heterocycles. The Labute approximate surface area is 188 Å². The Morgan fingerprint density at radius 2 is 1.94 bits per heavy atom. The number of thioether (sulfide) groups is 1. The lowest BCUT2D eigenvalue weighted by molar-refractivity contribution is -0.119. The first-order valence-electron chi connectivity index (χ1n) is 11.2. The average molecular weight is 445 g/mol. The van der Waals surface area contributed by atoms with Crippen molar-refractivity contribution in [2.75, 3.05) is 38.6 Å². The minimum atomic E-state index is 0.0487. The van der Waals surface area contributed by atoms with Crippen LogP contribution in [0.15, 0.2) is 23.2 Å². The third-order valence-electron chi connectivity index (χ3n) is 6.28. The van der Waals surface area contributed by atoms with Crippen molar-refractivity contribution in [2.24, 2.45) is 0 Å². The predicted octanol–water partition coefficient (Wildman–Crippen LogP) is 2.52. The number of aryl methyl sites for hydroxylation is 2. The highest BCUT2D eigenvalue weighted by Crippen LogP contribution is 2.34. The molecule has 9 heteroatoms. The minimum Gasteiger partial charge on any atom is -0.379 e. The van der Waals surface area contributed by atoms with Crippen molar-refractivity contribution in [3.8, 4) is 5.82 Å². The molecule has 3 heterocycles. The molecular formula is C22H32N6O2S. The van der Waals surface area contributed by atoms with E-state index in [0.29, 0.717) is 11.6 Å². The topological polar surface area (TPSA) is 85.2 Å². The SMILES string of the molecule is Cc1cc(C)n(-c2ccc(SCC(=O)NCC3(N4CCOCC4)CCCCC3)nn2)n1. The summed E-state index contributed by atoms with van der Waals surface area (Å²) in [5.41, 5.74) is 2.05. The highest BCUT2D eigenvalue weighted by Gasteiger charge is 2.38. The second kappa shape index (κ2) is 10.1. The summed E-state index contributed by atoms with van der Waals surface area (Å²) < 4.78 is 7.32. The highest BCUT2D eigenvalue weighted by atomic mass is 32.2. The molecule has 0 atom stereocenters. The summed E-state index contributed by atoms with van der Waals surface area (Å²) in [7, 11) is 0. The number of amides is 1. The van der Waals surface area contributed by atoms with Gasteiger partial charge in [0.05, 0.1) is 24.7 Å². The molecule has 8 nitrogen and oxygen atoms in total. The Morgan fingerprint density at radius 3 is 2.58 bits per heavy atom. The van der Waals surface area contributed by atoms with Crippen molar-refractivity contribution in [1.82, 2.24) is 30.2 Å². The Morgan fingerprint density at radius 1 is 1.16 bits per heavy atom. The molecule has 4 rings (SSSR count).